The van der Waals surface area contributed by atoms with Crippen molar-refractivity contribution < 1.29 is 0 Å². The molecule has 6 aromatic rings. The second-order valence-electron chi connectivity index (χ2n) is 7.87. The van der Waals surface area contributed by atoms with Crippen molar-refractivity contribution in [3.63, 3.8) is 0 Å². The summed E-state index contributed by atoms with van der Waals surface area (Å²) in [4.78, 5) is 14.7. The zero-order valence-corrected chi connectivity index (χ0v) is 18.4. The van der Waals surface area contributed by atoms with Gasteiger partial charge in [0.25, 0.3) is 0 Å². The Morgan fingerprint density at radius 1 is 0.455 bits per heavy atom. The number of fused-ring (bicyclic) bond motifs is 2. The van der Waals surface area contributed by atoms with Crippen LogP contribution in [0.5, 0.6) is 0 Å². The molecule has 0 saturated carbocycles. The van der Waals surface area contributed by atoms with Gasteiger partial charge in [0.15, 0.2) is 17.5 Å². The van der Waals surface area contributed by atoms with Crippen LogP contribution in [0.4, 0.5) is 0 Å². The van der Waals surface area contributed by atoms with Crippen molar-refractivity contribution in [2.24, 2.45) is 0 Å². The fourth-order valence-corrected chi connectivity index (χ4v) is 4.40. The second kappa shape index (κ2) is 8.12. The van der Waals surface area contributed by atoms with Gasteiger partial charge in [-0.05, 0) is 33.7 Å². The van der Waals surface area contributed by atoms with E-state index in [0.717, 1.165) is 38.2 Å². The van der Waals surface area contributed by atoms with Crippen molar-refractivity contribution >= 4 is 33.1 Å². The van der Waals surface area contributed by atoms with E-state index >= 15 is 0 Å². The molecule has 0 aliphatic carbocycles. The van der Waals surface area contributed by atoms with Crippen molar-refractivity contribution in [3.8, 4) is 34.2 Å². The molecule has 0 saturated heterocycles. The molecule has 1 heterocycles. The van der Waals surface area contributed by atoms with Crippen LogP contribution in [0.1, 0.15) is 0 Å². The molecule has 0 spiro atoms. The summed E-state index contributed by atoms with van der Waals surface area (Å²) in [7, 11) is 0. The molecule has 1 aromatic heterocycles. The minimum Gasteiger partial charge on any atom is -0.208 e. The summed E-state index contributed by atoms with van der Waals surface area (Å²) in [6.07, 6.45) is 0. The molecule has 156 valence electrons. The first-order valence-corrected chi connectivity index (χ1v) is 11.1. The van der Waals surface area contributed by atoms with Gasteiger partial charge in [0.05, 0.1) is 0 Å². The minimum atomic E-state index is 0.596. The maximum absolute atomic E-state index is 6.29. The van der Waals surface area contributed by atoms with Gasteiger partial charge in [-0.2, -0.15) is 0 Å². The highest BCUT2D eigenvalue weighted by Gasteiger charge is 2.15. The van der Waals surface area contributed by atoms with E-state index < -0.39 is 0 Å². The highest BCUT2D eigenvalue weighted by molar-refractivity contribution is 6.30. The lowest BCUT2D eigenvalue weighted by Crippen LogP contribution is -2.01. The summed E-state index contributed by atoms with van der Waals surface area (Å²) in [5, 5.41) is 5.14. The number of benzene rings is 5. The molecule has 33 heavy (non-hydrogen) atoms. The van der Waals surface area contributed by atoms with Crippen molar-refractivity contribution in [2.45, 2.75) is 0 Å². The molecule has 3 nitrogen and oxygen atoms in total. The van der Waals surface area contributed by atoms with Gasteiger partial charge in [-0.3, -0.25) is 0 Å². The molecule has 4 heteroatoms. The second-order valence-corrected chi connectivity index (χ2v) is 8.31. The zero-order valence-electron chi connectivity index (χ0n) is 17.6. The van der Waals surface area contributed by atoms with Crippen LogP contribution >= 0.6 is 11.6 Å². The normalized spacial score (nSPS) is 11.2. The van der Waals surface area contributed by atoms with Crippen LogP contribution in [-0.4, -0.2) is 15.0 Å². The standard InChI is InChI=1S/C29H18ClN3/c30-22-13-5-12-21(18-22)27-31-28(25-16-6-10-19-8-1-3-14-23(19)25)33-29(32-27)26-17-7-11-20-9-2-4-15-24(20)26/h1-18H. The van der Waals surface area contributed by atoms with Crippen molar-refractivity contribution in [1.82, 2.24) is 15.0 Å². The quantitative estimate of drug-likeness (QED) is 0.279. The van der Waals surface area contributed by atoms with Crippen LogP contribution in [-0.2, 0) is 0 Å². The predicted molar refractivity (Wildman–Crippen MR) is 136 cm³/mol. The Morgan fingerprint density at radius 2 is 0.939 bits per heavy atom. The lowest BCUT2D eigenvalue weighted by atomic mass is 10.0. The predicted octanol–water partition coefficient (Wildman–Crippen LogP) is 7.83. The minimum absolute atomic E-state index is 0.596. The largest absolute Gasteiger partial charge is 0.208 e. The Kier molecular flexibility index (Phi) is 4.82. The summed E-state index contributed by atoms with van der Waals surface area (Å²) in [5.41, 5.74) is 2.80. The van der Waals surface area contributed by atoms with Gasteiger partial charge in [0, 0.05) is 21.7 Å². The molecular formula is C29H18ClN3. The summed E-state index contributed by atoms with van der Waals surface area (Å²) in [5.74, 6) is 1.87. The van der Waals surface area contributed by atoms with E-state index in [2.05, 4.69) is 48.5 Å². The molecule has 0 fully saturated rings. The van der Waals surface area contributed by atoms with Crippen LogP contribution in [0.15, 0.2) is 109 Å². The molecule has 5 aromatic carbocycles. The van der Waals surface area contributed by atoms with Crippen LogP contribution < -0.4 is 0 Å². The number of hydrogen-bond donors (Lipinski definition) is 0. The van der Waals surface area contributed by atoms with Gasteiger partial charge >= 0.3 is 0 Å². The third kappa shape index (κ3) is 3.63. The number of rotatable bonds is 3. The maximum atomic E-state index is 6.29. The number of nitrogens with zero attached hydrogens (tertiary/aromatic N) is 3. The molecule has 6 rings (SSSR count). The fourth-order valence-electron chi connectivity index (χ4n) is 4.21. The van der Waals surface area contributed by atoms with Crippen molar-refractivity contribution in [3.05, 3.63) is 114 Å². The first kappa shape index (κ1) is 19.6. The summed E-state index contributed by atoms with van der Waals surface area (Å²) in [6.45, 7) is 0. The Labute approximate surface area is 196 Å². The molecule has 0 amide bonds. The van der Waals surface area contributed by atoms with Gasteiger partial charge < -0.3 is 0 Å². The molecule has 0 aliphatic rings. The zero-order chi connectivity index (χ0) is 22.2. The third-order valence-corrected chi connectivity index (χ3v) is 6.01. The Hall–Kier alpha value is -4.08. The van der Waals surface area contributed by atoms with E-state index in [9.17, 15) is 0 Å². The molecule has 0 bridgehead atoms. The first-order chi connectivity index (χ1) is 16.3. The summed E-state index contributed by atoms with van der Waals surface area (Å²) in [6, 6.07) is 36.6. The topological polar surface area (TPSA) is 38.7 Å². The van der Waals surface area contributed by atoms with Crippen molar-refractivity contribution in [2.75, 3.05) is 0 Å². The van der Waals surface area contributed by atoms with Crippen molar-refractivity contribution in [1.29, 1.82) is 0 Å². The molecule has 0 radical (unpaired) electrons. The van der Waals surface area contributed by atoms with Gasteiger partial charge in [-0.1, -0.05) is 109 Å². The van der Waals surface area contributed by atoms with Gasteiger partial charge in [0.1, 0.15) is 0 Å². The Balaban J connectivity index is 1.66. The maximum Gasteiger partial charge on any atom is 0.164 e. The average Bonchev–Trinajstić information content (AvgIpc) is 2.88. The Bertz CT molecular complexity index is 1530. The van der Waals surface area contributed by atoms with Crippen LogP contribution in [0.25, 0.3) is 55.7 Å². The van der Waals surface area contributed by atoms with Gasteiger partial charge in [0.2, 0.25) is 0 Å². The average molecular weight is 444 g/mol. The van der Waals surface area contributed by atoms with E-state index in [4.69, 9.17) is 26.6 Å². The first-order valence-electron chi connectivity index (χ1n) is 10.7. The highest BCUT2D eigenvalue weighted by atomic mass is 35.5. The number of aromatic nitrogens is 3. The summed E-state index contributed by atoms with van der Waals surface area (Å²) < 4.78 is 0. The Morgan fingerprint density at radius 3 is 1.52 bits per heavy atom. The SMILES string of the molecule is Clc1cccc(-c2nc(-c3cccc4ccccc34)nc(-c3cccc4ccccc34)n2)c1. The van der Waals surface area contributed by atoms with E-state index in [1.165, 1.54) is 0 Å². The van der Waals surface area contributed by atoms with Gasteiger partial charge in [-0.15, -0.1) is 0 Å². The highest BCUT2D eigenvalue weighted by Crippen LogP contribution is 2.32. The monoisotopic (exact) mass is 443 g/mol. The lowest BCUT2D eigenvalue weighted by molar-refractivity contribution is 1.08. The molecule has 0 aliphatic heterocycles. The number of halogens is 1. The number of hydrogen-bond acceptors (Lipinski definition) is 3. The molecule has 0 atom stereocenters. The third-order valence-electron chi connectivity index (χ3n) is 5.78. The van der Waals surface area contributed by atoms with E-state index in [1.807, 2.05) is 60.7 Å². The van der Waals surface area contributed by atoms with E-state index in [0.29, 0.717) is 22.5 Å². The van der Waals surface area contributed by atoms with E-state index in [-0.39, 0.29) is 0 Å². The van der Waals surface area contributed by atoms with Crippen LogP contribution in [0, 0.1) is 0 Å². The fraction of sp³-hybridized carbons (Fsp3) is 0. The van der Waals surface area contributed by atoms with Gasteiger partial charge in [-0.25, -0.2) is 15.0 Å². The lowest BCUT2D eigenvalue weighted by Gasteiger charge is -2.11. The smallest absolute Gasteiger partial charge is 0.164 e. The van der Waals surface area contributed by atoms with Crippen LogP contribution in [0.3, 0.4) is 0 Å². The van der Waals surface area contributed by atoms with Crippen LogP contribution in [0.2, 0.25) is 5.02 Å². The molecule has 0 N–H and O–H groups in total. The molecule has 0 unspecified atom stereocenters. The van der Waals surface area contributed by atoms with E-state index in [1.54, 1.807) is 0 Å². The summed E-state index contributed by atoms with van der Waals surface area (Å²) >= 11 is 6.29. The molecular weight excluding hydrogens is 426 g/mol.